The number of rotatable bonds is 7. The van der Waals surface area contributed by atoms with Crippen LogP contribution < -0.4 is 5.32 Å². The topological polar surface area (TPSA) is 35.5 Å². The largest absolute Gasteiger partial charge is 0.389 e. The van der Waals surface area contributed by atoms with E-state index in [2.05, 4.69) is 29.3 Å². The molecule has 21 heavy (non-hydrogen) atoms. The van der Waals surface area contributed by atoms with Crippen LogP contribution in [0.1, 0.15) is 44.7 Å². The molecule has 0 aromatic heterocycles. The predicted octanol–water partition coefficient (Wildman–Crippen LogP) is 3.23. The van der Waals surface area contributed by atoms with Crippen molar-refractivity contribution in [3.05, 3.63) is 34.9 Å². The Kier molecular flexibility index (Phi) is 6.06. The van der Waals surface area contributed by atoms with Crippen LogP contribution in [-0.4, -0.2) is 41.8 Å². The number of likely N-dealkylation sites (tertiary alicyclic amines) is 1. The highest BCUT2D eigenvalue weighted by Gasteiger charge is 2.31. The lowest BCUT2D eigenvalue weighted by atomic mass is 10.0. The number of nitrogens with one attached hydrogen (secondary N) is 1. The molecule has 0 spiro atoms. The molecule has 0 aliphatic carbocycles. The van der Waals surface area contributed by atoms with Crippen molar-refractivity contribution in [1.82, 2.24) is 10.2 Å². The molecule has 2 atom stereocenters. The molecule has 0 amide bonds. The number of aliphatic hydroxyl groups is 1. The fourth-order valence-electron chi connectivity index (χ4n) is 2.97. The highest BCUT2D eigenvalue weighted by Crippen LogP contribution is 2.24. The summed E-state index contributed by atoms with van der Waals surface area (Å²) >= 11 is 6.12. The first-order chi connectivity index (χ1) is 10.00. The number of β-amino-alcohol motifs (C(OH)–C–C–N with tert-alkyl or cyclic N) is 1. The fraction of sp³-hybridized carbons (Fsp3) is 0.647. The van der Waals surface area contributed by atoms with Crippen molar-refractivity contribution in [2.75, 3.05) is 26.2 Å². The Balaban J connectivity index is 1.94. The number of benzene rings is 1. The molecule has 3 nitrogen and oxygen atoms in total. The summed E-state index contributed by atoms with van der Waals surface area (Å²) in [4.78, 5) is 2.35. The number of hydrogen-bond donors (Lipinski definition) is 2. The van der Waals surface area contributed by atoms with Gasteiger partial charge in [-0.1, -0.05) is 30.7 Å². The van der Waals surface area contributed by atoms with Crippen LogP contribution in [0.4, 0.5) is 0 Å². The van der Waals surface area contributed by atoms with Crippen LogP contribution in [0.2, 0.25) is 5.02 Å². The Hall–Kier alpha value is -0.610. The quantitative estimate of drug-likeness (QED) is 0.811. The first kappa shape index (κ1) is 16.8. The van der Waals surface area contributed by atoms with E-state index in [-0.39, 0.29) is 0 Å². The van der Waals surface area contributed by atoms with Gasteiger partial charge in [0.15, 0.2) is 0 Å². The molecule has 4 heteroatoms. The maximum atomic E-state index is 10.1. The van der Waals surface area contributed by atoms with Crippen LogP contribution in [0.5, 0.6) is 0 Å². The SMILES string of the molecule is CCCNC(CCN1CCC(C)(O)C1)c1cccc(Cl)c1. The highest BCUT2D eigenvalue weighted by atomic mass is 35.5. The van der Waals surface area contributed by atoms with Gasteiger partial charge in [-0.25, -0.2) is 0 Å². The summed E-state index contributed by atoms with van der Waals surface area (Å²) in [6.07, 6.45) is 3.03. The molecule has 1 aliphatic heterocycles. The molecular weight excluding hydrogens is 284 g/mol. The number of hydrogen-bond acceptors (Lipinski definition) is 3. The Morgan fingerprint density at radius 1 is 1.48 bits per heavy atom. The van der Waals surface area contributed by atoms with Crippen LogP contribution in [0.25, 0.3) is 0 Å². The van der Waals surface area contributed by atoms with Crippen molar-refractivity contribution in [3.8, 4) is 0 Å². The number of halogens is 1. The maximum absolute atomic E-state index is 10.1. The zero-order valence-electron chi connectivity index (χ0n) is 13.1. The van der Waals surface area contributed by atoms with Gasteiger partial charge in [-0.15, -0.1) is 0 Å². The lowest BCUT2D eigenvalue weighted by Crippen LogP contribution is -2.32. The third-order valence-electron chi connectivity index (χ3n) is 4.16. The van der Waals surface area contributed by atoms with E-state index in [0.29, 0.717) is 6.04 Å². The highest BCUT2D eigenvalue weighted by molar-refractivity contribution is 6.30. The summed E-state index contributed by atoms with van der Waals surface area (Å²) in [5.41, 5.74) is 0.740. The molecule has 0 saturated carbocycles. The molecule has 2 rings (SSSR count). The molecule has 1 saturated heterocycles. The minimum atomic E-state index is -0.512. The Bertz CT molecular complexity index is 450. The molecule has 1 aliphatic rings. The average molecular weight is 311 g/mol. The summed E-state index contributed by atoms with van der Waals surface area (Å²) in [6.45, 7) is 7.89. The first-order valence-electron chi connectivity index (χ1n) is 7.94. The van der Waals surface area contributed by atoms with Crippen LogP contribution >= 0.6 is 11.6 Å². The third-order valence-corrected chi connectivity index (χ3v) is 4.39. The van der Waals surface area contributed by atoms with Gasteiger partial charge in [0, 0.05) is 30.7 Å². The molecule has 2 N–H and O–H groups in total. The van der Waals surface area contributed by atoms with E-state index < -0.39 is 5.60 Å². The Labute approximate surface area is 133 Å². The normalized spacial score (nSPS) is 24.4. The van der Waals surface area contributed by atoms with Crippen molar-refractivity contribution in [3.63, 3.8) is 0 Å². The minimum absolute atomic E-state index is 0.328. The zero-order valence-corrected chi connectivity index (χ0v) is 13.9. The van der Waals surface area contributed by atoms with Crippen LogP contribution in [0, 0.1) is 0 Å². The molecule has 2 unspecified atom stereocenters. The van der Waals surface area contributed by atoms with Crippen molar-refractivity contribution in [2.24, 2.45) is 0 Å². The molecule has 1 aromatic carbocycles. The molecule has 118 valence electrons. The summed E-state index contributed by atoms with van der Waals surface area (Å²) in [5.74, 6) is 0. The zero-order chi connectivity index (χ0) is 15.3. The lowest BCUT2D eigenvalue weighted by molar-refractivity contribution is 0.0683. The van der Waals surface area contributed by atoms with Crippen LogP contribution in [-0.2, 0) is 0 Å². The lowest BCUT2D eigenvalue weighted by Gasteiger charge is -2.24. The second-order valence-corrected chi connectivity index (χ2v) is 6.81. The van der Waals surface area contributed by atoms with Gasteiger partial charge in [0.1, 0.15) is 0 Å². The van der Waals surface area contributed by atoms with Crippen molar-refractivity contribution in [1.29, 1.82) is 0 Å². The summed E-state index contributed by atoms with van der Waals surface area (Å²) in [5, 5.41) is 14.5. The molecule has 0 bridgehead atoms. The van der Waals surface area contributed by atoms with Crippen LogP contribution in [0.3, 0.4) is 0 Å². The number of nitrogens with zero attached hydrogens (tertiary/aromatic N) is 1. The Morgan fingerprint density at radius 2 is 2.29 bits per heavy atom. The van der Waals surface area contributed by atoms with Crippen LogP contribution in [0.15, 0.2) is 24.3 Å². The Morgan fingerprint density at radius 3 is 2.90 bits per heavy atom. The smallest absolute Gasteiger partial charge is 0.0758 e. The monoisotopic (exact) mass is 310 g/mol. The third kappa shape index (κ3) is 5.26. The second kappa shape index (κ2) is 7.59. The van der Waals surface area contributed by atoms with Gasteiger partial charge in [0.05, 0.1) is 5.60 Å². The van der Waals surface area contributed by atoms with Gasteiger partial charge in [0.2, 0.25) is 0 Å². The van der Waals surface area contributed by atoms with Crippen molar-refractivity contribution in [2.45, 2.75) is 44.8 Å². The fourth-order valence-corrected chi connectivity index (χ4v) is 3.17. The second-order valence-electron chi connectivity index (χ2n) is 6.37. The van der Waals surface area contributed by atoms with E-state index in [9.17, 15) is 5.11 Å². The van der Waals surface area contributed by atoms with E-state index in [1.165, 1.54) is 5.56 Å². The van der Waals surface area contributed by atoms with Gasteiger partial charge in [0.25, 0.3) is 0 Å². The average Bonchev–Trinajstić information content (AvgIpc) is 2.78. The van der Waals surface area contributed by atoms with Gasteiger partial charge in [-0.05, 0) is 50.4 Å². The van der Waals surface area contributed by atoms with Crippen molar-refractivity contribution < 1.29 is 5.11 Å². The molecule has 0 radical (unpaired) electrons. The molecule has 1 fully saturated rings. The summed E-state index contributed by atoms with van der Waals surface area (Å²) in [7, 11) is 0. The summed E-state index contributed by atoms with van der Waals surface area (Å²) in [6, 6.07) is 8.45. The molecule has 1 aromatic rings. The van der Waals surface area contributed by atoms with E-state index in [1.807, 2.05) is 19.1 Å². The summed E-state index contributed by atoms with van der Waals surface area (Å²) < 4.78 is 0. The van der Waals surface area contributed by atoms with E-state index >= 15 is 0 Å². The first-order valence-corrected chi connectivity index (χ1v) is 8.31. The van der Waals surface area contributed by atoms with Gasteiger partial charge < -0.3 is 15.3 Å². The van der Waals surface area contributed by atoms with E-state index in [0.717, 1.165) is 50.5 Å². The minimum Gasteiger partial charge on any atom is -0.389 e. The van der Waals surface area contributed by atoms with E-state index in [1.54, 1.807) is 0 Å². The molecule has 1 heterocycles. The van der Waals surface area contributed by atoms with Gasteiger partial charge in [-0.3, -0.25) is 0 Å². The van der Waals surface area contributed by atoms with Gasteiger partial charge in [-0.2, -0.15) is 0 Å². The van der Waals surface area contributed by atoms with Crippen molar-refractivity contribution >= 4 is 11.6 Å². The van der Waals surface area contributed by atoms with Gasteiger partial charge >= 0.3 is 0 Å². The maximum Gasteiger partial charge on any atom is 0.0758 e. The van der Waals surface area contributed by atoms with E-state index in [4.69, 9.17) is 11.6 Å². The molecular formula is C17H27ClN2O. The standard InChI is InChI=1S/C17H27ClN2O/c1-3-9-19-16(14-5-4-6-15(18)12-14)7-10-20-11-8-17(2,21)13-20/h4-6,12,16,19,21H,3,7-11,13H2,1-2H3. The predicted molar refractivity (Wildman–Crippen MR) is 88.8 cm³/mol.